The molecule has 0 fully saturated rings. The molecule has 5 heteroatoms. The number of rotatable bonds is 2. The van der Waals surface area contributed by atoms with E-state index >= 15 is 0 Å². The predicted octanol–water partition coefficient (Wildman–Crippen LogP) is 1.09. The summed E-state index contributed by atoms with van der Waals surface area (Å²) in [7, 11) is 1.49. The minimum absolute atomic E-state index is 0.212. The molecule has 0 spiro atoms. The van der Waals surface area contributed by atoms with E-state index in [9.17, 15) is 14.4 Å². The minimum atomic E-state index is -0.212. The van der Waals surface area contributed by atoms with Crippen molar-refractivity contribution < 1.29 is 19.1 Å². The maximum Gasteiger partial charge on any atom is 0.293 e. The van der Waals surface area contributed by atoms with Crippen molar-refractivity contribution in [2.24, 2.45) is 0 Å². The fourth-order valence-electron chi connectivity index (χ4n) is 1.38. The molecular weight excluding hydrogens is 222 g/mol. The number of hydrogen-bond donors (Lipinski definition) is 0. The molecule has 2 rings (SSSR count). The summed E-state index contributed by atoms with van der Waals surface area (Å²) in [5.74, 6) is -0.425. The molecule has 0 atom stereocenters. The Hall–Kier alpha value is -2.17. The van der Waals surface area contributed by atoms with Crippen molar-refractivity contribution in [3.63, 3.8) is 0 Å². The van der Waals surface area contributed by atoms with Gasteiger partial charge in [0.05, 0.1) is 17.7 Å². The van der Waals surface area contributed by atoms with Crippen molar-refractivity contribution in [2.75, 3.05) is 13.7 Å². The van der Waals surface area contributed by atoms with E-state index in [1.54, 1.807) is 31.2 Å². The molecule has 2 amide bonds. The van der Waals surface area contributed by atoms with Crippen LogP contribution in [0.3, 0.4) is 0 Å². The number of amides is 2. The van der Waals surface area contributed by atoms with Gasteiger partial charge in [0.2, 0.25) is 0 Å². The van der Waals surface area contributed by atoms with Crippen molar-refractivity contribution in [3.05, 3.63) is 35.4 Å². The first-order chi connectivity index (χ1) is 8.13. The van der Waals surface area contributed by atoms with Crippen LogP contribution in [0.25, 0.3) is 0 Å². The van der Waals surface area contributed by atoms with Gasteiger partial charge in [-0.05, 0) is 19.1 Å². The Morgan fingerprint density at radius 2 is 1.65 bits per heavy atom. The Balaban J connectivity index is 0.000000249. The molecule has 0 unspecified atom stereocenters. The highest BCUT2D eigenvalue weighted by atomic mass is 16.5. The molecule has 0 aliphatic carbocycles. The highest BCUT2D eigenvalue weighted by Crippen LogP contribution is 2.20. The third-order valence-electron chi connectivity index (χ3n) is 2.23. The Morgan fingerprint density at radius 1 is 1.18 bits per heavy atom. The molecule has 1 aromatic carbocycles. The standard InChI is InChI=1S/C9H7NO2.C3H6O2/c1-10-8(11)6-4-2-3-5-7(6)9(10)12;1-2-5-3-4/h2-5H,1H3;3H,2H2,1H3. The van der Waals surface area contributed by atoms with Gasteiger partial charge in [0.1, 0.15) is 0 Å². The van der Waals surface area contributed by atoms with Gasteiger partial charge in [-0.3, -0.25) is 19.3 Å². The summed E-state index contributed by atoms with van der Waals surface area (Å²) in [6.45, 7) is 2.66. The highest BCUT2D eigenvalue weighted by molar-refractivity contribution is 6.21. The molecule has 0 N–H and O–H groups in total. The summed E-state index contributed by atoms with van der Waals surface area (Å²) in [6, 6.07) is 6.84. The Bertz CT molecular complexity index is 407. The van der Waals surface area contributed by atoms with Crippen LogP contribution in [-0.4, -0.2) is 36.8 Å². The van der Waals surface area contributed by atoms with Gasteiger partial charge in [-0.15, -0.1) is 0 Å². The smallest absolute Gasteiger partial charge is 0.293 e. The molecule has 1 aliphatic rings. The number of hydrogen-bond acceptors (Lipinski definition) is 4. The lowest BCUT2D eigenvalue weighted by molar-refractivity contribution is -0.128. The van der Waals surface area contributed by atoms with Crippen LogP contribution in [0.2, 0.25) is 0 Å². The van der Waals surface area contributed by atoms with Crippen molar-refractivity contribution in [1.82, 2.24) is 4.90 Å². The van der Waals surface area contributed by atoms with Crippen LogP contribution < -0.4 is 0 Å². The van der Waals surface area contributed by atoms with Gasteiger partial charge in [0.25, 0.3) is 18.3 Å². The van der Waals surface area contributed by atoms with Crippen LogP contribution in [0.1, 0.15) is 27.6 Å². The van der Waals surface area contributed by atoms with Crippen molar-refractivity contribution in [3.8, 4) is 0 Å². The molecule has 0 saturated heterocycles. The topological polar surface area (TPSA) is 63.7 Å². The predicted molar refractivity (Wildman–Crippen MR) is 60.6 cm³/mol. The summed E-state index contributed by atoms with van der Waals surface area (Å²) in [6.07, 6.45) is 0. The van der Waals surface area contributed by atoms with E-state index in [1.807, 2.05) is 0 Å². The number of fused-ring (bicyclic) bond motifs is 1. The molecule has 0 radical (unpaired) electrons. The lowest BCUT2D eigenvalue weighted by Crippen LogP contribution is -2.24. The molecule has 90 valence electrons. The molecule has 1 aromatic rings. The van der Waals surface area contributed by atoms with Gasteiger partial charge in [-0.25, -0.2) is 0 Å². The summed E-state index contributed by atoms with van der Waals surface area (Å²) < 4.78 is 4.15. The maximum atomic E-state index is 11.3. The van der Waals surface area contributed by atoms with E-state index in [2.05, 4.69) is 4.74 Å². The number of nitrogens with zero attached hydrogens (tertiary/aromatic N) is 1. The quantitative estimate of drug-likeness (QED) is 0.568. The normalized spacial score (nSPS) is 12.7. The lowest BCUT2D eigenvalue weighted by atomic mass is 10.1. The summed E-state index contributed by atoms with van der Waals surface area (Å²) >= 11 is 0. The third-order valence-corrected chi connectivity index (χ3v) is 2.23. The minimum Gasteiger partial charge on any atom is -0.468 e. The van der Waals surface area contributed by atoms with E-state index in [4.69, 9.17) is 0 Å². The third kappa shape index (κ3) is 2.69. The summed E-state index contributed by atoms with van der Waals surface area (Å²) in [5, 5.41) is 0. The van der Waals surface area contributed by atoms with E-state index in [-0.39, 0.29) is 11.8 Å². The Kier molecular flexibility index (Phi) is 4.39. The monoisotopic (exact) mass is 235 g/mol. The fourth-order valence-corrected chi connectivity index (χ4v) is 1.38. The van der Waals surface area contributed by atoms with Gasteiger partial charge < -0.3 is 4.74 Å². The maximum absolute atomic E-state index is 11.3. The van der Waals surface area contributed by atoms with Gasteiger partial charge in [0.15, 0.2) is 0 Å². The molecule has 1 heterocycles. The fraction of sp³-hybridized carbons (Fsp3) is 0.250. The SMILES string of the molecule is CCOC=O.CN1C(=O)c2ccccc2C1=O. The number of ether oxygens (including phenoxy) is 1. The zero-order valence-electron chi connectivity index (χ0n) is 9.67. The van der Waals surface area contributed by atoms with Gasteiger partial charge in [0, 0.05) is 7.05 Å². The van der Waals surface area contributed by atoms with E-state index in [0.29, 0.717) is 24.2 Å². The Morgan fingerprint density at radius 3 is 1.94 bits per heavy atom. The second kappa shape index (κ2) is 5.79. The van der Waals surface area contributed by atoms with E-state index < -0.39 is 0 Å². The lowest BCUT2D eigenvalue weighted by Gasteiger charge is -2.02. The Labute approximate surface area is 99.0 Å². The summed E-state index contributed by atoms with van der Waals surface area (Å²) in [4.78, 5) is 32.9. The zero-order chi connectivity index (χ0) is 12.8. The van der Waals surface area contributed by atoms with Crippen LogP contribution in [0.15, 0.2) is 24.3 Å². The first-order valence-corrected chi connectivity index (χ1v) is 5.10. The van der Waals surface area contributed by atoms with Gasteiger partial charge >= 0.3 is 0 Å². The number of imide groups is 1. The molecule has 1 aliphatic heterocycles. The average Bonchev–Trinajstić information content (AvgIpc) is 2.57. The van der Waals surface area contributed by atoms with Crippen LogP contribution in [0.5, 0.6) is 0 Å². The number of benzene rings is 1. The van der Waals surface area contributed by atoms with Crippen molar-refractivity contribution in [1.29, 1.82) is 0 Å². The first-order valence-electron chi connectivity index (χ1n) is 5.10. The molecule has 5 nitrogen and oxygen atoms in total. The molecular formula is C12H13NO4. The zero-order valence-corrected chi connectivity index (χ0v) is 9.67. The van der Waals surface area contributed by atoms with Crippen LogP contribution >= 0.6 is 0 Å². The van der Waals surface area contributed by atoms with Crippen molar-refractivity contribution >= 4 is 18.3 Å². The van der Waals surface area contributed by atoms with Gasteiger partial charge in [-0.1, -0.05) is 12.1 Å². The molecule has 17 heavy (non-hydrogen) atoms. The van der Waals surface area contributed by atoms with Crippen molar-refractivity contribution in [2.45, 2.75) is 6.92 Å². The number of carbonyl (C=O) groups is 3. The van der Waals surface area contributed by atoms with E-state index in [0.717, 1.165) is 4.90 Å². The highest BCUT2D eigenvalue weighted by Gasteiger charge is 2.31. The van der Waals surface area contributed by atoms with Crippen LogP contribution in [-0.2, 0) is 9.53 Å². The molecule has 0 bridgehead atoms. The van der Waals surface area contributed by atoms with E-state index in [1.165, 1.54) is 7.05 Å². The first kappa shape index (κ1) is 12.9. The second-order valence-electron chi connectivity index (χ2n) is 3.27. The van der Waals surface area contributed by atoms with Crippen LogP contribution in [0.4, 0.5) is 0 Å². The molecule has 0 aromatic heterocycles. The average molecular weight is 235 g/mol. The van der Waals surface area contributed by atoms with Gasteiger partial charge in [-0.2, -0.15) is 0 Å². The van der Waals surface area contributed by atoms with Crippen LogP contribution in [0, 0.1) is 0 Å². The molecule has 0 saturated carbocycles. The second-order valence-corrected chi connectivity index (χ2v) is 3.27. The number of carbonyl (C=O) groups excluding carboxylic acids is 3. The summed E-state index contributed by atoms with van der Waals surface area (Å²) in [5.41, 5.74) is 1.01. The largest absolute Gasteiger partial charge is 0.468 e.